The van der Waals surface area contributed by atoms with E-state index in [0.717, 1.165) is 13.0 Å². The minimum atomic E-state index is -0.758. The molecule has 0 aromatic carbocycles. The molecule has 2 atom stereocenters. The van der Waals surface area contributed by atoms with E-state index in [2.05, 4.69) is 0 Å². The average molecular weight is 324 g/mol. The molecule has 6 N–H and O–H groups in total. The van der Waals surface area contributed by atoms with Crippen LogP contribution < -0.4 is 0 Å². The van der Waals surface area contributed by atoms with Crippen LogP contribution in [-0.4, -0.2) is 83.0 Å². The highest BCUT2D eigenvalue weighted by Crippen LogP contribution is 2.33. The van der Waals surface area contributed by atoms with Crippen LogP contribution >= 0.6 is 0 Å². The Hall–Kier alpha value is -0.280. The summed E-state index contributed by atoms with van der Waals surface area (Å²) in [4.78, 5) is 0. The van der Waals surface area contributed by atoms with Gasteiger partial charge >= 0.3 is 0 Å². The summed E-state index contributed by atoms with van der Waals surface area (Å²) in [6, 6.07) is 0. The molecule has 1 aliphatic rings. The molecule has 0 aromatic heterocycles. The number of hydrogen-bond donors (Lipinski definition) is 6. The van der Waals surface area contributed by atoms with Crippen molar-refractivity contribution in [2.24, 2.45) is 16.7 Å². The Kier molecular flexibility index (Phi) is 10.4. The zero-order chi connectivity index (χ0) is 17.2. The Balaban J connectivity index is 0.000000433. The summed E-state index contributed by atoms with van der Waals surface area (Å²) < 4.78 is 5.06. The van der Waals surface area contributed by atoms with Crippen LogP contribution in [0.2, 0.25) is 0 Å². The highest BCUT2D eigenvalue weighted by atomic mass is 16.6. The second-order valence-corrected chi connectivity index (χ2v) is 6.26. The number of aliphatic hydroxyl groups is 6. The molecule has 2 unspecified atom stereocenters. The zero-order valence-corrected chi connectivity index (χ0v) is 13.6. The maximum absolute atomic E-state index is 9.12. The summed E-state index contributed by atoms with van der Waals surface area (Å²) in [5, 5.41) is 53.3. The monoisotopic (exact) mass is 324 g/mol. The summed E-state index contributed by atoms with van der Waals surface area (Å²) in [7, 11) is 0. The molecule has 0 spiro atoms. The van der Waals surface area contributed by atoms with Crippen molar-refractivity contribution in [3.8, 4) is 0 Å². The number of hydrogen-bond acceptors (Lipinski definition) is 7. The molecule has 7 nitrogen and oxygen atoms in total. The molecule has 1 heterocycles. The third-order valence-corrected chi connectivity index (χ3v) is 4.77. The molecule has 1 aliphatic heterocycles. The highest BCUT2D eigenvalue weighted by molar-refractivity contribution is 4.86. The van der Waals surface area contributed by atoms with Crippen LogP contribution in [0.1, 0.15) is 26.7 Å². The molecular weight excluding hydrogens is 292 g/mol. The lowest BCUT2D eigenvalue weighted by molar-refractivity contribution is -0.0372. The van der Waals surface area contributed by atoms with Crippen molar-refractivity contribution >= 4 is 0 Å². The van der Waals surface area contributed by atoms with E-state index in [4.69, 9.17) is 35.4 Å². The highest BCUT2D eigenvalue weighted by Gasteiger charge is 2.38. The van der Waals surface area contributed by atoms with Crippen LogP contribution in [0.5, 0.6) is 0 Å². The molecule has 1 saturated heterocycles. The van der Waals surface area contributed by atoms with Crippen molar-refractivity contribution in [3.05, 3.63) is 0 Å². The van der Waals surface area contributed by atoms with Crippen molar-refractivity contribution in [3.63, 3.8) is 0 Å². The minimum absolute atomic E-state index is 0.0694. The Morgan fingerprint density at radius 1 is 0.909 bits per heavy atom. The Morgan fingerprint density at radius 2 is 1.32 bits per heavy atom. The summed E-state index contributed by atoms with van der Waals surface area (Å²) in [6.45, 7) is 3.48. The van der Waals surface area contributed by atoms with E-state index in [1.807, 2.05) is 13.8 Å². The van der Waals surface area contributed by atoms with E-state index < -0.39 is 10.8 Å². The lowest BCUT2D eigenvalue weighted by atomic mass is 9.76. The van der Waals surface area contributed by atoms with E-state index in [9.17, 15) is 0 Å². The van der Waals surface area contributed by atoms with Gasteiger partial charge in [0.05, 0.1) is 52.4 Å². The van der Waals surface area contributed by atoms with Crippen LogP contribution in [0.4, 0.5) is 0 Å². The van der Waals surface area contributed by atoms with Gasteiger partial charge in [0.2, 0.25) is 0 Å². The van der Waals surface area contributed by atoms with Gasteiger partial charge in [0.25, 0.3) is 0 Å². The molecule has 0 aliphatic carbocycles. The van der Waals surface area contributed by atoms with Gasteiger partial charge in [0, 0.05) is 10.8 Å². The largest absolute Gasteiger partial charge is 0.396 e. The van der Waals surface area contributed by atoms with Crippen LogP contribution in [0, 0.1) is 16.7 Å². The molecule has 1 rings (SSSR count). The van der Waals surface area contributed by atoms with Gasteiger partial charge in [-0.1, -0.05) is 13.8 Å². The Labute approximate surface area is 132 Å². The van der Waals surface area contributed by atoms with Crippen molar-refractivity contribution in [1.29, 1.82) is 0 Å². The van der Waals surface area contributed by atoms with Gasteiger partial charge in [-0.3, -0.25) is 0 Å². The number of rotatable bonds is 10. The van der Waals surface area contributed by atoms with E-state index in [0.29, 0.717) is 6.42 Å². The van der Waals surface area contributed by atoms with Gasteiger partial charge in [-0.05, 0) is 18.8 Å². The van der Waals surface area contributed by atoms with Gasteiger partial charge in [-0.25, -0.2) is 0 Å². The fourth-order valence-corrected chi connectivity index (χ4v) is 1.95. The quantitative estimate of drug-likeness (QED) is 0.276. The van der Waals surface area contributed by atoms with Crippen molar-refractivity contribution in [2.45, 2.75) is 32.8 Å². The standard InChI is InChI=1S/C9H18O4.C6H14O3/c1-7(2-8-3-13-8)9(4-10,5-11)6-12;1-2-6(3-7,4-8)5-9/h7-8,10-12H,2-6H2,1H3;7-9H,2-5H2,1H3. The molecule has 134 valence electrons. The second-order valence-electron chi connectivity index (χ2n) is 6.26. The maximum atomic E-state index is 9.12. The van der Waals surface area contributed by atoms with Crippen LogP contribution in [0.25, 0.3) is 0 Å². The van der Waals surface area contributed by atoms with Crippen LogP contribution in [0.3, 0.4) is 0 Å². The third-order valence-electron chi connectivity index (χ3n) is 4.77. The molecule has 7 heteroatoms. The first-order valence-corrected chi connectivity index (χ1v) is 7.69. The topological polar surface area (TPSA) is 134 Å². The maximum Gasteiger partial charge on any atom is 0.0812 e. The predicted molar refractivity (Wildman–Crippen MR) is 81.2 cm³/mol. The predicted octanol–water partition coefficient (Wildman–Crippen LogP) is -1.27. The first-order chi connectivity index (χ1) is 10.4. The molecule has 22 heavy (non-hydrogen) atoms. The fourth-order valence-electron chi connectivity index (χ4n) is 1.95. The Bertz CT molecular complexity index is 247. The minimum Gasteiger partial charge on any atom is -0.396 e. The zero-order valence-electron chi connectivity index (χ0n) is 13.6. The lowest BCUT2D eigenvalue weighted by Gasteiger charge is -2.33. The Morgan fingerprint density at radius 3 is 1.50 bits per heavy atom. The third kappa shape index (κ3) is 6.08. The van der Waals surface area contributed by atoms with E-state index in [1.165, 1.54) is 0 Å². The first-order valence-electron chi connectivity index (χ1n) is 7.69. The number of ether oxygens (including phenoxy) is 1. The molecule has 0 saturated carbocycles. The van der Waals surface area contributed by atoms with Crippen LogP contribution in [0.15, 0.2) is 0 Å². The molecule has 1 fully saturated rings. The summed E-state index contributed by atoms with van der Waals surface area (Å²) in [5.41, 5.74) is -1.42. The van der Waals surface area contributed by atoms with Gasteiger partial charge < -0.3 is 35.4 Å². The lowest BCUT2D eigenvalue weighted by Crippen LogP contribution is -2.40. The average Bonchev–Trinajstić information content (AvgIpc) is 3.37. The van der Waals surface area contributed by atoms with E-state index >= 15 is 0 Å². The fraction of sp³-hybridized carbons (Fsp3) is 1.00. The molecule has 0 amide bonds. The van der Waals surface area contributed by atoms with Crippen molar-refractivity contribution in [2.75, 3.05) is 46.2 Å². The SMILES string of the molecule is CC(CC1CO1)C(CO)(CO)CO.CCC(CO)(CO)CO. The van der Waals surface area contributed by atoms with Crippen LogP contribution in [-0.2, 0) is 4.74 Å². The molecular formula is C15H32O7. The summed E-state index contributed by atoms with van der Waals surface area (Å²) in [6.07, 6.45) is 1.65. The van der Waals surface area contributed by atoms with Crippen molar-refractivity contribution in [1.82, 2.24) is 0 Å². The van der Waals surface area contributed by atoms with E-state index in [1.54, 1.807) is 0 Å². The first kappa shape index (κ1) is 21.7. The van der Waals surface area contributed by atoms with Gasteiger partial charge in [0.15, 0.2) is 0 Å². The molecule has 0 aromatic rings. The smallest absolute Gasteiger partial charge is 0.0812 e. The van der Waals surface area contributed by atoms with Gasteiger partial charge in [0.1, 0.15) is 0 Å². The molecule has 0 radical (unpaired) electrons. The second kappa shape index (κ2) is 10.5. The van der Waals surface area contributed by atoms with Crippen molar-refractivity contribution < 1.29 is 35.4 Å². The number of epoxide rings is 1. The van der Waals surface area contributed by atoms with Gasteiger partial charge in [-0.2, -0.15) is 0 Å². The van der Waals surface area contributed by atoms with Gasteiger partial charge in [-0.15, -0.1) is 0 Å². The summed E-state index contributed by atoms with van der Waals surface area (Å²) >= 11 is 0. The summed E-state index contributed by atoms with van der Waals surface area (Å²) in [5.74, 6) is 0.0694. The normalized spacial score (nSPS) is 19.4. The van der Waals surface area contributed by atoms with E-state index in [-0.39, 0.29) is 51.7 Å². The molecule has 0 bridgehead atoms. The number of aliphatic hydroxyl groups excluding tert-OH is 6.